The molecule has 3 nitrogen and oxygen atoms in total. The number of hydrogen-bond acceptors (Lipinski definition) is 3. The van der Waals surface area contributed by atoms with E-state index in [1.807, 2.05) is 4.90 Å². The molecule has 0 spiro atoms. The van der Waals surface area contributed by atoms with Gasteiger partial charge in [0.1, 0.15) is 0 Å². The van der Waals surface area contributed by atoms with Crippen molar-refractivity contribution < 1.29 is 14.6 Å². The van der Waals surface area contributed by atoms with Crippen LogP contribution in [-0.4, -0.2) is 54.6 Å². The van der Waals surface area contributed by atoms with E-state index in [-0.39, 0.29) is 19.9 Å². The molecule has 0 aliphatic carbocycles. The van der Waals surface area contributed by atoms with Crippen molar-refractivity contribution in [3.63, 3.8) is 0 Å². The third-order valence-corrected chi connectivity index (χ3v) is 1.44. The van der Waals surface area contributed by atoms with Crippen LogP contribution >= 0.6 is 0 Å². The summed E-state index contributed by atoms with van der Waals surface area (Å²) in [5, 5.41) is 17.1. The van der Waals surface area contributed by atoms with Gasteiger partial charge in [-0.05, 0) is 6.42 Å². The lowest BCUT2D eigenvalue weighted by Gasteiger charge is -2.18. The van der Waals surface area contributed by atoms with E-state index in [0.717, 1.165) is 0 Å². The molecule has 0 heterocycles. The maximum absolute atomic E-state index is 11.7. The van der Waals surface area contributed by atoms with E-state index in [0.29, 0.717) is 26.1 Å². The number of aliphatic hydroxyl groups is 2. The Bertz CT molecular complexity index is 76.8. The van der Waals surface area contributed by atoms with Gasteiger partial charge in [0.15, 0.2) is 0 Å². The number of alkyl halides is 1. The largest absolute Gasteiger partial charge is 0.395 e. The molecule has 68 valence electrons. The van der Waals surface area contributed by atoms with Gasteiger partial charge in [-0.1, -0.05) is 0 Å². The molecule has 0 saturated carbocycles. The van der Waals surface area contributed by atoms with Gasteiger partial charge in [-0.2, -0.15) is 0 Å². The lowest BCUT2D eigenvalue weighted by atomic mass is 10.4. The predicted molar refractivity (Wildman–Crippen MR) is 41.2 cm³/mol. The Kier molecular flexibility index (Phi) is 7.78. The van der Waals surface area contributed by atoms with Crippen LogP contribution in [0.3, 0.4) is 0 Å². The van der Waals surface area contributed by atoms with E-state index in [4.69, 9.17) is 10.2 Å². The molecule has 0 saturated heterocycles. The highest BCUT2D eigenvalue weighted by Gasteiger charge is 2.01. The molecule has 0 bridgehead atoms. The van der Waals surface area contributed by atoms with E-state index < -0.39 is 0 Å². The summed E-state index contributed by atoms with van der Waals surface area (Å²) in [5.74, 6) is 0. The second kappa shape index (κ2) is 7.91. The average Bonchev–Trinajstić information content (AvgIpc) is 2.01. The number of halogens is 1. The quantitative estimate of drug-likeness (QED) is 0.541. The molecule has 0 aliphatic heterocycles. The summed E-state index contributed by atoms with van der Waals surface area (Å²) in [7, 11) is 0. The molecule has 0 aliphatic rings. The Morgan fingerprint density at radius 3 is 1.91 bits per heavy atom. The molecule has 11 heavy (non-hydrogen) atoms. The van der Waals surface area contributed by atoms with Crippen LogP contribution in [0.15, 0.2) is 0 Å². The highest BCUT2D eigenvalue weighted by Crippen LogP contribution is 1.90. The molecule has 0 atom stereocenters. The fourth-order valence-electron chi connectivity index (χ4n) is 0.902. The Balaban J connectivity index is 3.34. The second-order valence-electron chi connectivity index (χ2n) is 2.33. The third kappa shape index (κ3) is 6.22. The second-order valence-corrected chi connectivity index (χ2v) is 2.33. The van der Waals surface area contributed by atoms with Crippen molar-refractivity contribution in [2.75, 3.05) is 39.5 Å². The van der Waals surface area contributed by atoms with E-state index in [1.54, 1.807) is 0 Å². The van der Waals surface area contributed by atoms with E-state index in [9.17, 15) is 4.39 Å². The van der Waals surface area contributed by atoms with Gasteiger partial charge in [-0.25, -0.2) is 0 Å². The maximum atomic E-state index is 11.7. The van der Waals surface area contributed by atoms with Gasteiger partial charge >= 0.3 is 0 Å². The highest BCUT2D eigenvalue weighted by atomic mass is 19.1. The molecule has 0 aromatic rings. The Hall–Kier alpha value is -0.190. The van der Waals surface area contributed by atoms with Gasteiger partial charge in [0.2, 0.25) is 0 Å². The molecular formula is C7H16FNO2. The molecule has 0 radical (unpaired) electrons. The molecule has 0 aromatic carbocycles. The van der Waals surface area contributed by atoms with Crippen LogP contribution in [0.5, 0.6) is 0 Å². The maximum Gasteiger partial charge on any atom is 0.0906 e. The summed E-state index contributed by atoms with van der Waals surface area (Å²) >= 11 is 0. The Morgan fingerprint density at radius 2 is 1.55 bits per heavy atom. The Labute approximate surface area is 66.4 Å². The number of hydrogen-bond donors (Lipinski definition) is 2. The van der Waals surface area contributed by atoms with Crippen LogP contribution in [0, 0.1) is 0 Å². The summed E-state index contributed by atoms with van der Waals surface area (Å²) in [6.07, 6.45) is 0.472. The zero-order valence-electron chi connectivity index (χ0n) is 6.67. The van der Waals surface area contributed by atoms with Gasteiger partial charge in [0.25, 0.3) is 0 Å². The normalized spacial score (nSPS) is 10.9. The summed E-state index contributed by atoms with van der Waals surface area (Å²) in [6, 6.07) is 0. The van der Waals surface area contributed by atoms with Crippen LogP contribution in [0.2, 0.25) is 0 Å². The van der Waals surface area contributed by atoms with Crippen molar-refractivity contribution in [1.82, 2.24) is 4.90 Å². The van der Waals surface area contributed by atoms with Gasteiger partial charge in [-0.3, -0.25) is 9.29 Å². The highest BCUT2D eigenvalue weighted by molar-refractivity contribution is 4.55. The molecule has 0 rings (SSSR count). The Morgan fingerprint density at radius 1 is 1.00 bits per heavy atom. The van der Waals surface area contributed by atoms with E-state index in [1.165, 1.54) is 0 Å². The smallest absolute Gasteiger partial charge is 0.0906 e. The molecule has 0 aromatic heterocycles. The van der Waals surface area contributed by atoms with Crippen LogP contribution in [-0.2, 0) is 0 Å². The molecular weight excluding hydrogens is 149 g/mol. The van der Waals surface area contributed by atoms with Crippen molar-refractivity contribution in [2.45, 2.75) is 6.42 Å². The van der Waals surface area contributed by atoms with Crippen molar-refractivity contribution in [2.24, 2.45) is 0 Å². The first-order valence-corrected chi connectivity index (χ1v) is 3.85. The number of nitrogens with zero attached hydrogens (tertiary/aromatic N) is 1. The molecule has 0 fully saturated rings. The topological polar surface area (TPSA) is 43.7 Å². The minimum Gasteiger partial charge on any atom is -0.395 e. The van der Waals surface area contributed by atoms with Crippen LogP contribution < -0.4 is 0 Å². The van der Waals surface area contributed by atoms with Gasteiger partial charge < -0.3 is 10.2 Å². The lowest BCUT2D eigenvalue weighted by Crippen LogP contribution is -2.31. The summed E-state index contributed by atoms with van der Waals surface area (Å²) in [4.78, 5) is 1.83. The van der Waals surface area contributed by atoms with Crippen molar-refractivity contribution in [3.05, 3.63) is 0 Å². The number of rotatable bonds is 7. The van der Waals surface area contributed by atoms with Crippen LogP contribution in [0.1, 0.15) is 6.42 Å². The van der Waals surface area contributed by atoms with Crippen molar-refractivity contribution in [1.29, 1.82) is 0 Å². The monoisotopic (exact) mass is 165 g/mol. The SMILES string of the molecule is OCCN(CCO)CCCF. The molecule has 0 unspecified atom stereocenters. The summed E-state index contributed by atoms with van der Waals surface area (Å²) in [6.45, 7) is 1.42. The fraction of sp³-hybridized carbons (Fsp3) is 1.00. The zero-order chi connectivity index (χ0) is 8.53. The van der Waals surface area contributed by atoms with E-state index in [2.05, 4.69) is 0 Å². The molecule has 0 amide bonds. The van der Waals surface area contributed by atoms with Gasteiger partial charge in [-0.15, -0.1) is 0 Å². The van der Waals surface area contributed by atoms with E-state index >= 15 is 0 Å². The van der Waals surface area contributed by atoms with Gasteiger partial charge in [0, 0.05) is 19.6 Å². The third-order valence-electron chi connectivity index (χ3n) is 1.44. The van der Waals surface area contributed by atoms with Crippen LogP contribution in [0.4, 0.5) is 4.39 Å². The average molecular weight is 165 g/mol. The van der Waals surface area contributed by atoms with Crippen LogP contribution in [0.25, 0.3) is 0 Å². The summed E-state index contributed by atoms with van der Waals surface area (Å²) < 4.78 is 11.7. The predicted octanol–water partition coefficient (Wildman–Crippen LogP) is -0.367. The number of aliphatic hydroxyl groups excluding tert-OH is 2. The first-order valence-electron chi connectivity index (χ1n) is 3.85. The lowest BCUT2D eigenvalue weighted by molar-refractivity contribution is 0.157. The fourth-order valence-corrected chi connectivity index (χ4v) is 0.902. The minimum atomic E-state index is -0.340. The van der Waals surface area contributed by atoms with Crippen molar-refractivity contribution >= 4 is 0 Å². The summed E-state index contributed by atoms with van der Waals surface area (Å²) in [5.41, 5.74) is 0. The van der Waals surface area contributed by atoms with Gasteiger partial charge in [0.05, 0.1) is 19.9 Å². The zero-order valence-corrected chi connectivity index (χ0v) is 6.67. The standard InChI is InChI=1S/C7H16FNO2/c8-2-1-3-9(4-6-10)5-7-11/h10-11H,1-7H2. The minimum absolute atomic E-state index is 0.0618. The first-order chi connectivity index (χ1) is 5.35. The molecule has 4 heteroatoms. The molecule has 2 N–H and O–H groups in total. The first kappa shape index (κ1) is 10.8. The van der Waals surface area contributed by atoms with Crippen molar-refractivity contribution in [3.8, 4) is 0 Å².